The SMILES string of the molecule is CC(C)Nc1nc(C2COc3ccccc3C2)ns1. The first-order valence-corrected chi connectivity index (χ1v) is 7.30. The minimum Gasteiger partial charge on any atom is -0.493 e. The zero-order valence-electron chi connectivity index (χ0n) is 11.1. The van der Waals surface area contributed by atoms with Crippen molar-refractivity contribution in [3.05, 3.63) is 35.7 Å². The first-order chi connectivity index (χ1) is 9.22. The van der Waals surface area contributed by atoms with Crippen molar-refractivity contribution in [1.29, 1.82) is 0 Å². The Bertz CT molecular complexity index is 567. The summed E-state index contributed by atoms with van der Waals surface area (Å²) in [6, 6.07) is 8.56. The Kier molecular flexibility index (Phi) is 3.38. The molecular weight excluding hydrogens is 258 g/mol. The molecule has 19 heavy (non-hydrogen) atoms. The molecule has 1 N–H and O–H groups in total. The molecule has 0 aliphatic carbocycles. The minimum atomic E-state index is 0.258. The van der Waals surface area contributed by atoms with Crippen molar-refractivity contribution in [2.24, 2.45) is 0 Å². The van der Waals surface area contributed by atoms with Gasteiger partial charge in [-0.1, -0.05) is 18.2 Å². The standard InChI is InChI=1S/C14H17N3OS/c1-9(2)15-14-16-13(17-19-14)11-7-10-5-3-4-6-12(10)18-8-11/h3-6,9,11H,7-8H2,1-2H3,(H,15,16,17). The molecule has 1 unspecified atom stereocenters. The van der Waals surface area contributed by atoms with Gasteiger partial charge in [-0.25, -0.2) is 4.98 Å². The molecule has 3 rings (SSSR count). The van der Waals surface area contributed by atoms with Crippen molar-refractivity contribution < 1.29 is 4.74 Å². The zero-order chi connectivity index (χ0) is 13.2. The summed E-state index contributed by atoms with van der Waals surface area (Å²) < 4.78 is 10.2. The fourth-order valence-corrected chi connectivity index (χ4v) is 2.99. The summed E-state index contributed by atoms with van der Waals surface area (Å²) >= 11 is 1.43. The Balaban J connectivity index is 1.76. The Hall–Kier alpha value is -1.62. The van der Waals surface area contributed by atoms with Gasteiger partial charge in [0.05, 0.1) is 12.5 Å². The second-order valence-corrected chi connectivity index (χ2v) is 5.83. The van der Waals surface area contributed by atoms with Gasteiger partial charge in [-0.2, -0.15) is 4.37 Å². The number of aromatic nitrogens is 2. The van der Waals surface area contributed by atoms with Crippen molar-refractivity contribution in [1.82, 2.24) is 9.36 Å². The van der Waals surface area contributed by atoms with E-state index in [1.54, 1.807) is 0 Å². The Morgan fingerprint density at radius 2 is 2.21 bits per heavy atom. The van der Waals surface area contributed by atoms with Crippen LogP contribution in [0.4, 0.5) is 5.13 Å². The highest BCUT2D eigenvalue weighted by molar-refractivity contribution is 7.09. The fourth-order valence-electron chi connectivity index (χ4n) is 2.20. The topological polar surface area (TPSA) is 47.0 Å². The van der Waals surface area contributed by atoms with E-state index in [0.29, 0.717) is 12.6 Å². The maximum Gasteiger partial charge on any atom is 0.202 e. The van der Waals surface area contributed by atoms with Crippen molar-refractivity contribution >= 4 is 16.7 Å². The van der Waals surface area contributed by atoms with Crippen LogP contribution in [0, 0.1) is 0 Å². The summed E-state index contributed by atoms with van der Waals surface area (Å²) in [5.74, 6) is 2.14. The van der Waals surface area contributed by atoms with Gasteiger partial charge in [0.25, 0.3) is 0 Å². The number of nitrogens with zero attached hydrogens (tertiary/aromatic N) is 2. The van der Waals surface area contributed by atoms with Gasteiger partial charge in [0.2, 0.25) is 5.13 Å². The normalized spacial score (nSPS) is 17.9. The summed E-state index contributed by atoms with van der Waals surface area (Å²) in [5.41, 5.74) is 1.24. The van der Waals surface area contributed by atoms with Crippen molar-refractivity contribution in [2.75, 3.05) is 11.9 Å². The molecular formula is C14H17N3OS. The van der Waals surface area contributed by atoms with Crippen LogP contribution in [0.3, 0.4) is 0 Å². The molecule has 0 bridgehead atoms. The molecule has 1 aliphatic heterocycles. The first-order valence-electron chi connectivity index (χ1n) is 6.53. The fraction of sp³-hybridized carbons (Fsp3) is 0.429. The van der Waals surface area contributed by atoms with Gasteiger partial charge in [-0.05, 0) is 31.9 Å². The van der Waals surface area contributed by atoms with Gasteiger partial charge in [0.15, 0.2) is 5.82 Å². The van der Waals surface area contributed by atoms with E-state index in [1.807, 2.05) is 18.2 Å². The van der Waals surface area contributed by atoms with Crippen molar-refractivity contribution in [3.63, 3.8) is 0 Å². The minimum absolute atomic E-state index is 0.258. The van der Waals surface area contributed by atoms with Gasteiger partial charge in [0, 0.05) is 17.6 Å². The van der Waals surface area contributed by atoms with E-state index in [9.17, 15) is 0 Å². The van der Waals surface area contributed by atoms with Crippen LogP contribution in [0.1, 0.15) is 31.2 Å². The average Bonchev–Trinajstić information content (AvgIpc) is 2.86. The molecule has 0 fully saturated rings. The van der Waals surface area contributed by atoms with Crippen LogP contribution < -0.4 is 10.1 Å². The number of hydrogen-bond donors (Lipinski definition) is 1. The average molecular weight is 275 g/mol. The Labute approximate surface area is 117 Å². The van der Waals surface area contributed by atoms with Crippen LogP contribution >= 0.6 is 11.5 Å². The smallest absolute Gasteiger partial charge is 0.202 e. The van der Waals surface area contributed by atoms with Crippen LogP contribution in [0.2, 0.25) is 0 Å². The number of anilines is 1. The van der Waals surface area contributed by atoms with Crippen LogP contribution in [-0.2, 0) is 6.42 Å². The molecule has 0 saturated heterocycles. The Morgan fingerprint density at radius 3 is 3.05 bits per heavy atom. The summed E-state index contributed by atoms with van der Waals surface area (Å²) in [4.78, 5) is 4.56. The molecule has 0 amide bonds. The van der Waals surface area contributed by atoms with E-state index in [2.05, 4.69) is 34.6 Å². The largest absolute Gasteiger partial charge is 0.493 e. The summed E-state index contributed by atoms with van der Waals surface area (Å²) in [7, 11) is 0. The molecule has 0 saturated carbocycles. The molecule has 100 valence electrons. The number of ether oxygens (including phenoxy) is 1. The second kappa shape index (κ2) is 5.17. The molecule has 5 heteroatoms. The molecule has 0 radical (unpaired) electrons. The monoisotopic (exact) mass is 275 g/mol. The molecule has 1 aromatic heterocycles. The van der Waals surface area contributed by atoms with E-state index < -0.39 is 0 Å². The maximum absolute atomic E-state index is 5.79. The molecule has 1 aromatic carbocycles. The van der Waals surface area contributed by atoms with Gasteiger partial charge in [-0.3, -0.25) is 0 Å². The van der Waals surface area contributed by atoms with E-state index >= 15 is 0 Å². The predicted octanol–water partition coefficient (Wildman–Crippen LogP) is 3.08. The quantitative estimate of drug-likeness (QED) is 0.935. The molecule has 2 aromatic rings. The molecule has 1 atom stereocenters. The molecule has 4 nitrogen and oxygen atoms in total. The maximum atomic E-state index is 5.79. The summed E-state index contributed by atoms with van der Waals surface area (Å²) in [6.45, 7) is 4.86. The molecule has 1 aliphatic rings. The molecule has 0 spiro atoms. The molecule has 2 heterocycles. The second-order valence-electron chi connectivity index (χ2n) is 5.08. The van der Waals surface area contributed by atoms with E-state index in [4.69, 9.17) is 4.74 Å². The zero-order valence-corrected chi connectivity index (χ0v) is 11.9. The van der Waals surface area contributed by atoms with Crippen molar-refractivity contribution in [2.45, 2.75) is 32.2 Å². The van der Waals surface area contributed by atoms with Crippen molar-refractivity contribution in [3.8, 4) is 5.75 Å². The van der Waals surface area contributed by atoms with E-state index in [0.717, 1.165) is 23.1 Å². The van der Waals surface area contributed by atoms with Crippen LogP contribution in [0.5, 0.6) is 5.75 Å². The van der Waals surface area contributed by atoms with Crippen LogP contribution in [-0.4, -0.2) is 22.0 Å². The van der Waals surface area contributed by atoms with Gasteiger partial charge >= 0.3 is 0 Å². The lowest BCUT2D eigenvalue weighted by molar-refractivity contribution is 0.258. The van der Waals surface area contributed by atoms with Gasteiger partial charge in [-0.15, -0.1) is 0 Å². The van der Waals surface area contributed by atoms with Crippen LogP contribution in [0.15, 0.2) is 24.3 Å². The number of benzene rings is 1. The third-order valence-electron chi connectivity index (χ3n) is 3.10. The lowest BCUT2D eigenvalue weighted by Gasteiger charge is -2.23. The first kappa shape index (κ1) is 12.4. The number of nitrogens with one attached hydrogen (secondary N) is 1. The van der Waals surface area contributed by atoms with Gasteiger partial charge in [0.1, 0.15) is 5.75 Å². The highest BCUT2D eigenvalue weighted by Crippen LogP contribution is 2.32. The third-order valence-corrected chi connectivity index (χ3v) is 3.76. The lowest BCUT2D eigenvalue weighted by atomic mass is 9.96. The number of fused-ring (bicyclic) bond motifs is 1. The highest BCUT2D eigenvalue weighted by atomic mass is 32.1. The number of hydrogen-bond acceptors (Lipinski definition) is 5. The van der Waals surface area contributed by atoms with E-state index in [-0.39, 0.29) is 5.92 Å². The van der Waals surface area contributed by atoms with Gasteiger partial charge < -0.3 is 10.1 Å². The van der Waals surface area contributed by atoms with E-state index in [1.165, 1.54) is 17.1 Å². The van der Waals surface area contributed by atoms with Crippen LogP contribution in [0.25, 0.3) is 0 Å². The predicted molar refractivity (Wildman–Crippen MR) is 77.0 cm³/mol. The highest BCUT2D eigenvalue weighted by Gasteiger charge is 2.24. The number of rotatable bonds is 3. The Morgan fingerprint density at radius 1 is 1.37 bits per heavy atom. The number of para-hydroxylation sites is 1. The summed E-state index contributed by atoms with van der Waals surface area (Å²) in [6.07, 6.45) is 0.952. The summed E-state index contributed by atoms with van der Waals surface area (Å²) in [5, 5.41) is 4.18. The third kappa shape index (κ3) is 2.71. The lowest BCUT2D eigenvalue weighted by Crippen LogP contribution is -2.20.